The summed E-state index contributed by atoms with van der Waals surface area (Å²) < 4.78 is 308. The van der Waals surface area contributed by atoms with Crippen LogP contribution >= 0.6 is 0 Å². The van der Waals surface area contributed by atoms with E-state index in [1.807, 2.05) is 41.2 Å². The topological polar surface area (TPSA) is 33.8 Å². The van der Waals surface area contributed by atoms with E-state index in [0.29, 0.717) is 0 Å². The number of aromatic nitrogens is 2. The highest BCUT2D eigenvalue weighted by Crippen LogP contribution is 2.30. The van der Waals surface area contributed by atoms with Crippen LogP contribution in [0.5, 0.6) is 0 Å². The number of halogens is 20. The van der Waals surface area contributed by atoms with Crippen LogP contribution in [0, 0.1) is 116 Å². The molecule has 0 aliphatic carbocycles. The standard InChI is InChI=1S/C24BF20.C12H13N2OS/c26-5-1(6(27)14(35)21(42)13(5)34)25(2-7(28)15(36)22(43)16(37)8(2)29,3-9(30)17(38)23(44)18(39)10(3)31)4-11(32)19(40)24(45)20(41)12(4)33;1-16(15)12-5-3-2-4-11(12)10-14-8-6-13-7-9-14/h;2-9H,10H2,1H3/q-1;+1. The van der Waals surface area contributed by atoms with Gasteiger partial charge in [0.25, 0.3) is 0 Å². The van der Waals surface area contributed by atoms with Crippen LogP contribution in [-0.2, 0) is 17.3 Å². The molecule has 0 bridgehead atoms. The lowest BCUT2D eigenvalue weighted by Crippen LogP contribution is -2.81. The normalized spacial score (nSPS) is 12.1. The molecule has 25 heteroatoms. The van der Waals surface area contributed by atoms with Crippen LogP contribution in [0.15, 0.2) is 53.9 Å². The van der Waals surface area contributed by atoms with Gasteiger partial charge in [0.2, 0.25) is 0 Å². The molecule has 0 fully saturated rings. The second kappa shape index (κ2) is 17.2. The van der Waals surface area contributed by atoms with Gasteiger partial charge < -0.3 is 0 Å². The first-order chi connectivity index (χ1) is 28.5. The van der Waals surface area contributed by atoms with Gasteiger partial charge in [0, 0.05) is 16.7 Å². The van der Waals surface area contributed by atoms with Gasteiger partial charge in [0.15, 0.2) is 88.7 Å². The first-order valence-corrected chi connectivity index (χ1v) is 17.5. The number of nitrogens with zero attached hydrogens (tertiary/aromatic N) is 2. The molecule has 0 saturated carbocycles. The van der Waals surface area contributed by atoms with E-state index in [9.17, 15) is 56.9 Å². The Kier molecular flexibility index (Phi) is 13.0. The number of benzene rings is 5. The largest absolute Gasteiger partial charge is 0.255 e. The van der Waals surface area contributed by atoms with Crippen LogP contribution in [0.2, 0.25) is 0 Å². The molecule has 0 aliphatic rings. The van der Waals surface area contributed by atoms with Crippen LogP contribution in [0.4, 0.5) is 87.8 Å². The van der Waals surface area contributed by atoms with Crippen LogP contribution < -0.4 is 26.4 Å². The van der Waals surface area contributed by atoms with Crippen molar-refractivity contribution < 1.29 is 96.6 Å². The highest BCUT2D eigenvalue weighted by atomic mass is 32.2. The van der Waals surface area contributed by atoms with E-state index >= 15 is 35.1 Å². The highest BCUT2D eigenvalue weighted by Gasteiger charge is 2.52. The lowest BCUT2D eigenvalue weighted by atomic mass is 9.12. The maximum atomic E-state index is 15.4. The maximum Gasteiger partial charge on any atom is 0.200 e. The van der Waals surface area contributed by atoms with Crippen molar-refractivity contribution in [2.45, 2.75) is 11.4 Å². The number of hydrogen-bond acceptors (Lipinski definition) is 2. The second-order valence-electron chi connectivity index (χ2n) is 12.3. The average molecular weight is 912 g/mol. The van der Waals surface area contributed by atoms with Gasteiger partial charge in [-0.1, -0.05) is 18.2 Å². The van der Waals surface area contributed by atoms with Crippen molar-refractivity contribution >= 4 is 38.8 Å². The molecule has 0 N–H and O–H groups in total. The molecular weight excluding hydrogens is 899 g/mol. The minimum Gasteiger partial charge on any atom is -0.255 e. The minimum atomic E-state index is -7.22. The monoisotopic (exact) mass is 912 g/mol. The van der Waals surface area contributed by atoms with E-state index in [-0.39, 0.29) is 0 Å². The van der Waals surface area contributed by atoms with Crippen molar-refractivity contribution in [2.24, 2.45) is 0 Å². The van der Waals surface area contributed by atoms with Gasteiger partial charge in [-0.25, -0.2) is 87.8 Å². The predicted molar refractivity (Wildman–Crippen MR) is 172 cm³/mol. The Morgan fingerprint density at radius 2 is 0.672 bits per heavy atom. The molecule has 0 spiro atoms. The first kappa shape index (κ1) is 46.1. The van der Waals surface area contributed by atoms with E-state index in [2.05, 4.69) is 4.98 Å². The van der Waals surface area contributed by atoms with E-state index in [1.165, 1.54) is 0 Å². The summed E-state index contributed by atoms with van der Waals surface area (Å²) in [7, 11) is -0.943. The summed E-state index contributed by atoms with van der Waals surface area (Å²) in [6.07, 6.45) is 1.77. The molecule has 1 atom stereocenters. The molecule has 6 aromatic rings. The van der Waals surface area contributed by atoms with Gasteiger partial charge in [-0.15, -0.1) is 21.9 Å². The van der Waals surface area contributed by atoms with E-state index in [1.54, 1.807) is 18.6 Å². The third-order valence-corrected chi connectivity index (χ3v) is 10.0. The Bertz CT molecular complexity index is 2390. The summed E-state index contributed by atoms with van der Waals surface area (Å²) in [6.45, 7) is 0.721. The van der Waals surface area contributed by atoms with Crippen molar-refractivity contribution in [1.82, 2.24) is 4.98 Å². The van der Waals surface area contributed by atoms with Gasteiger partial charge >= 0.3 is 0 Å². The molecule has 6 rings (SSSR count). The maximum absolute atomic E-state index is 15.4. The fourth-order valence-corrected chi connectivity index (χ4v) is 7.21. The molecule has 0 radical (unpaired) electrons. The van der Waals surface area contributed by atoms with E-state index in [0.717, 1.165) is 17.0 Å². The molecule has 5 aromatic carbocycles. The van der Waals surface area contributed by atoms with Crippen LogP contribution in [0.25, 0.3) is 0 Å². The zero-order valence-corrected chi connectivity index (χ0v) is 30.0. The van der Waals surface area contributed by atoms with E-state index in [4.69, 9.17) is 0 Å². The summed E-state index contributed by atoms with van der Waals surface area (Å²) in [5.74, 6) is -71.4. The summed E-state index contributed by atoms with van der Waals surface area (Å²) in [5, 5.41) is 0. The quantitative estimate of drug-likeness (QED) is 0.0569. The number of hydrogen-bond donors (Lipinski definition) is 0. The fraction of sp³-hybridized carbons (Fsp3) is 0.0556. The van der Waals surface area contributed by atoms with Gasteiger partial charge in [0.1, 0.15) is 52.7 Å². The smallest absolute Gasteiger partial charge is 0.200 e. The molecule has 322 valence electrons. The fourth-order valence-electron chi connectivity index (χ4n) is 6.44. The van der Waals surface area contributed by atoms with Gasteiger partial charge in [-0.05, 0) is 6.07 Å². The van der Waals surface area contributed by atoms with E-state index < -0.39 is 155 Å². The molecule has 3 nitrogen and oxygen atoms in total. The Morgan fingerprint density at radius 1 is 0.426 bits per heavy atom. The van der Waals surface area contributed by atoms with Crippen molar-refractivity contribution in [3.05, 3.63) is 171 Å². The summed E-state index contributed by atoms with van der Waals surface area (Å²) in [6, 6.07) is 7.79. The first-order valence-electron chi connectivity index (χ1n) is 15.9. The summed E-state index contributed by atoms with van der Waals surface area (Å²) in [5.41, 5.74) is -13.2. The molecule has 61 heavy (non-hydrogen) atoms. The molecule has 1 unspecified atom stereocenters. The Morgan fingerprint density at radius 3 is 0.934 bits per heavy atom. The summed E-state index contributed by atoms with van der Waals surface area (Å²) in [4.78, 5) is 4.86. The van der Waals surface area contributed by atoms with Crippen molar-refractivity contribution in [1.29, 1.82) is 0 Å². The minimum absolute atomic E-state index is 0.721. The Labute approximate surface area is 328 Å². The molecule has 1 heterocycles. The van der Waals surface area contributed by atoms with Crippen molar-refractivity contribution in [2.75, 3.05) is 6.26 Å². The Balaban J connectivity index is 0.000000366. The lowest BCUT2D eigenvalue weighted by Gasteiger charge is -2.44. The molecule has 0 saturated heterocycles. The van der Waals surface area contributed by atoms with Gasteiger partial charge in [-0.3, -0.25) is 9.19 Å². The lowest BCUT2D eigenvalue weighted by molar-refractivity contribution is -0.689. The molecule has 0 aliphatic heterocycles. The SMILES string of the molecule is CS(=O)c1ccccc1C[n+]1ccncc1.Fc1c(F)c(F)c([B-](c2c(F)c(F)c(F)c(F)c2F)(c2c(F)c(F)c(F)c(F)c2F)c2c(F)c(F)c(F)c(F)c2F)c(F)c1F. The summed E-state index contributed by atoms with van der Waals surface area (Å²) >= 11 is 0. The van der Waals surface area contributed by atoms with Crippen molar-refractivity contribution in [3.8, 4) is 0 Å². The zero-order chi connectivity index (χ0) is 45.7. The van der Waals surface area contributed by atoms with Crippen LogP contribution in [0.3, 0.4) is 0 Å². The third-order valence-electron chi connectivity index (χ3n) is 9.03. The van der Waals surface area contributed by atoms with Gasteiger partial charge in [-0.2, -0.15) is 4.57 Å². The van der Waals surface area contributed by atoms with Crippen LogP contribution in [-0.4, -0.2) is 21.6 Å². The predicted octanol–water partition coefficient (Wildman–Crippen LogP) is 7.00. The van der Waals surface area contributed by atoms with Crippen LogP contribution in [0.1, 0.15) is 5.56 Å². The van der Waals surface area contributed by atoms with Crippen molar-refractivity contribution in [3.63, 3.8) is 0 Å². The Hall–Kier alpha value is -6.01. The number of rotatable bonds is 7. The zero-order valence-electron chi connectivity index (χ0n) is 29.2. The second-order valence-corrected chi connectivity index (χ2v) is 13.6. The molecule has 1 aromatic heterocycles. The average Bonchev–Trinajstić information content (AvgIpc) is 3.24. The third kappa shape index (κ3) is 7.34. The highest BCUT2D eigenvalue weighted by molar-refractivity contribution is 7.84. The molecular formula is C36H13BF20N2OS. The molecule has 0 amide bonds. The van der Waals surface area contributed by atoms with Gasteiger partial charge in [0.05, 0.1) is 23.2 Å².